The molecule has 0 aromatic carbocycles. The lowest BCUT2D eigenvalue weighted by atomic mass is 10.1. The molecule has 3 nitrogen and oxygen atoms in total. The first-order chi connectivity index (χ1) is 5.77. The summed E-state index contributed by atoms with van der Waals surface area (Å²) in [6, 6.07) is 0.413. The minimum Gasteiger partial charge on any atom is -0.379 e. The summed E-state index contributed by atoms with van der Waals surface area (Å²) in [5.41, 5.74) is 0. The van der Waals surface area contributed by atoms with Crippen molar-refractivity contribution in [2.24, 2.45) is 5.92 Å². The molecule has 1 aliphatic heterocycles. The summed E-state index contributed by atoms with van der Waals surface area (Å²) in [6.07, 6.45) is 3.81. The van der Waals surface area contributed by atoms with E-state index in [9.17, 15) is 0 Å². The first kappa shape index (κ1) is 8.26. The molecule has 0 saturated carbocycles. The van der Waals surface area contributed by atoms with Gasteiger partial charge in [-0.1, -0.05) is 6.92 Å². The van der Waals surface area contributed by atoms with Crippen LogP contribution in [0.5, 0.6) is 0 Å². The second kappa shape index (κ2) is 3.18. The molecule has 0 radical (unpaired) electrons. The van der Waals surface area contributed by atoms with Crippen LogP contribution in [0.15, 0.2) is 16.9 Å². The summed E-state index contributed by atoms with van der Waals surface area (Å²) < 4.78 is 8.36. The molecule has 1 saturated heterocycles. The maximum Gasteiger partial charge on any atom is 0.0800 e. The van der Waals surface area contributed by atoms with Crippen LogP contribution in [-0.4, -0.2) is 23.0 Å². The molecule has 2 heterocycles. The van der Waals surface area contributed by atoms with Gasteiger partial charge in [-0.15, -0.1) is 0 Å². The molecule has 12 heavy (non-hydrogen) atoms. The van der Waals surface area contributed by atoms with E-state index in [1.807, 2.05) is 17.1 Å². The predicted molar refractivity (Wildman–Crippen MR) is 48.9 cm³/mol. The van der Waals surface area contributed by atoms with Crippen molar-refractivity contribution in [3.63, 3.8) is 0 Å². The second-order valence-electron chi connectivity index (χ2n) is 3.22. The summed E-state index contributed by atoms with van der Waals surface area (Å²) in [6.45, 7) is 3.82. The maximum absolute atomic E-state index is 5.36. The third-order valence-corrected chi connectivity index (χ3v) is 2.65. The van der Waals surface area contributed by atoms with E-state index in [2.05, 4.69) is 28.0 Å². The highest BCUT2D eigenvalue weighted by molar-refractivity contribution is 9.10. The van der Waals surface area contributed by atoms with Crippen molar-refractivity contribution in [1.82, 2.24) is 9.78 Å². The average molecular weight is 231 g/mol. The lowest BCUT2D eigenvalue weighted by molar-refractivity contribution is 0.181. The molecule has 1 aromatic heterocycles. The van der Waals surface area contributed by atoms with Gasteiger partial charge in [-0.25, -0.2) is 0 Å². The van der Waals surface area contributed by atoms with E-state index in [4.69, 9.17) is 4.74 Å². The highest BCUT2D eigenvalue weighted by atomic mass is 79.9. The van der Waals surface area contributed by atoms with Gasteiger partial charge in [0.25, 0.3) is 0 Å². The minimum absolute atomic E-state index is 0.413. The number of hydrogen-bond donors (Lipinski definition) is 0. The molecule has 0 bridgehead atoms. The standard InChI is InChI=1S/C8H11BrN2O/c1-6-4-12-5-8(6)11-3-7(9)2-10-11/h2-3,6,8H,4-5H2,1H3/t6-,8-/m1/s1. The van der Waals surface area contributed by atoms with Gasteiger partial charge in [0, 0.05) is 12.1 Å². The lowest BCUT2D eigenvalue weighted by Gasteiger charge is -2.12. The Hall–Kier alpha value is -0.350. The van der Waals surface area contributed by atoms with Crippen LogP contribution in [0.3, 0.4) is 0 Å². The van der Waals surface area contributed by atoms with Gasteiger partial charge in [0.15, 0.2) is 0 Å². The molecule has 66 valence electrons. The van der Waals surface area contributed by atoms with Gasteiger partial charge in [-0.2, -0.15) is 5.10 Å². The van der Waals surface area contributed by atoms with Gasteiger partial charge in [-0.3, -0.25) is 4.68 Å². The Balaban J connectivity index is 2.19. The topological polar surface area (TPSA) is 27.1 Å². The van der Waals surface area contributed by atoms with E-state index < -0.39 is 0 Å². The van der Waals surface area contributed by atoms with Crippen molar-refractivity contribution in [2.45, 2.75) is 13.0 Å². The first-order valence-corrected chi connectivity index (χ1v) is 4.84. The van der Waals surface area contributed by atoms with Gasteiger partial charge in [0.2, 0.25) is 0 Å². The van der Waals surface area contributed by atoms with Gasteiger partial charge in [0.1, 0.15) is 0 Å². The average Bonchev–Trinajstić information content (AvgIpc) is 2.58. The van der Waals surface area contributed by atoms with Crippen molar-refractivity contribution in [3.05, 3.63) is 16.9 Å². The van der Waals surface area contributed by atoms with Crippen molar-refractivity contribution in [1.29, 1.82) is 0 Å². The Labute approximate surface area is 79.8 Å². The van der Waals surface area contributed by atoms with Crippen molar-refractivity contribution in [3.8, 4) is 0 Å². The van der Waals surface area contributed by atoms with Crippen LogP contribution in [0.2, 0.25) is 0 Å². The molecule has 0 unspecified atom stereocenters. The fourth-order valence-corrected chi connectivity index (χ4v) is 1.78. The number of aromatic nitrogens is 2. The summed E-state index contributed by atoms with van der Waals surface area (Å²) in [7, 11) is 0. The molecular weight excluding hydrogens is 220 g/mol. The minimum atomic E-state index is 0.413. The van der Waals surface area contributed by atoms with Crippen LogP contribution >= 0.6 is 15.9 Å². The van der Waals surface area contributed by atoms with Crippen LogP contribution < -0.4 is 0 Å². The van der Waals surface area contributed by atoms with E-state index in [0.29, 0.717) is 12.0 Å². The molecule has 0 amide bonds. The molecule has 1 aliphatic rings. The summed E-state index contributed by atoms with van der Waals surface area (Å²) in [5, 5.41) is 4.24. The number of ether oxygens (including phenoxy) is 1. The van der Waals surface area contributed by atoms with Crippen LogP contribution in [0.25, 0.3) is 0 Å². The van der Waals surface area contributed by atoms with E-state index in [0.717, 1.165) is 17.7 Å². The Morgan fingerprint density at radius 1 is 1.67 bits per heavy atom. The molecule has 4 heteroatoms. The van der Waals surface area contributed by atoms with E-state index >= 15 is 0 Å². The van der Waals surface area contributed by atoms with Gasteiger partial charge in [-0.05, 0) is 15.9 Å². The van der Waals surface area contributed by atoms with Crippen molar-refractivity contribution < 1.29 is 4.74 Å². The zero-order valence-electron chi connectivity index (χ0n) is 6.90. The largest absolute Gasteiger partial charge is 0.379 e. The van der Waals surface area contributed by atoms with Gasteiger partial charge < -0.3 is 4.74 Å². The zero-order chi connectivity index (χ0) is 8.55. The SMILES string of the molecule is C[C@@H]1COC[C@H]1n1cc(Br)cn1. The van der Waals surface area contributed by atoms with Crippen LogP contribution in [0.4, 0.5) is 0 Å². The fourth-order valence-electron chi connectivity index (χ4n) is 1.48. The Kier molecular flexibility index (Phi) is 2.19. The Morgan fingerprint density at radius 2 is 2.50 bits per heavy atom. The molecule has 0 N–H and O–H groups in total. The molecule has 0 aliphatic carbocycles. The molecular formula is C8H11BrN2O. The van der Waals surface area contributed by atoms with Gasteiger partial charge in [0.05, 0.1) is 29.9 Å². The van der Waals surface area contributed by atoms with Gasteiger partial charge >= 0.3 is 0 Å². The highest BCUT2D eigenvalue weighted by Gasteiger charge is 2.26. The zero-order valence-corrected chi connectivity index (χ0v) is 8.49. The Bertz CT molecular complexity index is 274. The van der Waals surface area contributed by atoms with E-state index in [1.165, 1.54) is 0 Å². The van der Waals surface area contributed by atoms with Crippen molar-refractivity contribution >= 4 is 15.9 Å². The lowest BCUT2D eigenvalue weighted by Crippen LogP contribution is -2.15. The first-order valence-electron chi connectivity index (χ1n) is 4.05. The highest BCUT2D eigenvalue weighted by Crippen LogP contribution is 2.25. The number of nitrogens with zero attached hydrogens (tertiary/aromatic N) is 2. The second-order valence-corrected chi connectivity index (χ2v) is 4.14. The summed E-state index contributed by atoms with van der Waals surface area (Å²) >= 11 is 3.38. The quantitative estimate of drug-likeness (QED) is 0.737. The van der Waals surface area contributed by atoms with Crippen molar-refractivity contribution in [2.75, 3.05) is 13.2 Å². The molecule has 2 rings (SSSR count). The number of rotatable bonds is 1. The molecule has 0 spiro atoms. The molecule has 1 aromatic rings. The number of hydrogen-bond acceptors (Lipinski definition) is 2. The van der Waals surface area contributed by atoms with Crippen LogP contribution in [0.1, 0.15) is 13.0 Å². The van der Waals surface area contributed by atoms with Crippen LogP contribution in [-0.2, 0) is 4.74 Å². The third-order valence-electron chi connectivity index (χ3n) is 2.24. The van der Waals surface area contributed by atoms with E-state index in [-0.39, 0.29) is 0 Å². The number of halogens is 1. The molecule has 2 atom stereocenters. The monoisotopic (exact) mass is 230 g/mol. The predicted octanol–water partition coefficient (Wildman–Crippen LogP) is 1.85. The van der Waals surface area contributed by atoms with Crippen LogP contribution in [0, 0.1) is 5.92 Å². The summed E-state index contributed by atoms with van der Waals surface area (Å²) in [5.74, 6) is 0.566. The smallest absolute Gasteiger partial charge is 0.0800 e. The normalized spacial score (nSPS) is 29.5. The fraction of sp³-hybridized carbons (Fsp3) is 0.625. The maximum atomic E-state index is 5.36. The third kappa shape index (κ3) is 1.41. The summed E-state index contributed by atoms with van der Waals surface area (Å²) in [4.78, 5) is 0. The Morgan fingerprint density at radius 3 is 3.00 bits per heavy atom. The molecule has 1 fully saturated rings. The van der Waals surface area contributed by atoms with E-state index in [1.54, 1.807) is 0 Å².